The van der Waals surface area contributed by atoms with Gasteiger partial charge in [-0.05, 0) is 34.2 Å². The molecule has 3 aromatic rings. The average Bonchev–Trinajstić information content (AvgIpc) is 2.96. The lowest BCUT2D eigenvalue weighted by atomic mass is 10.3. The second kappa shape index (κ2) is 6.02. The lowest BCUT2D eigenvalue weighted by molar-refractivity contribution is 0.756. The number of rotatable bonds is 4. The molecule has 0 saturated carbocycles. The van der Waals surface area contributed by atoms with Crippen LogP contribution in [0, 0.1) is 0 Å². The molecule has 0 aliphatic rings. The molecular formula is C13H10ClN5S. The van der Waals surface area contributed by atoms with Crippen LogP contribution in [0.25, 0.3) is 5.69 Å². The minimum atomic E-state index is 0.493. The fourth-order valence-electron chi connectivity index (χ4n) is 1.64. The van der Waals surface area contributed by atoms with Crippen molar-refractivity contribution in [2.45, 2.75) is 10.9 Å². The van der Waals surface area contributed by atoms with E-state index in [0.29, 0.717) is 5.15 Å². The van der Waals surface area contributed by atoms with E-state index in [1.165, 1.54) is 0 Å². The first-order valence-corrected chi connectivity index (χ1v) is 7.26. The summed E-state index contributed by atoms with van der Waals surface area (Å²) in [5, 5.41) is 13.0. The maximum Gasteiger partial charge on any atom is 0.214 e. The number of hydrogen-bond acceptors (Lipinski definition) is 5. The highest BCUT2D eigenvalue weighted by atomic mass is 35.5. The molecule has 1 aromatic carbocycles. The van der Waals surface area contributed by atoms with Gasteiger partial charge in [0.1, 0.15) is 5.15 Å². The molecule has 0 N–H and O–H groups in total. The molecule has 0 spiro atoms. The SMILES string of the molecule is Clc1ccc(CSc2nnnn2-c2ccccc2)cn1. The summed E-state index contributed by atoms with van der Waals surface area (Å²) in [4.78, 5) is 4.05. The minimum absolute atomic E-state index is 0.493. The summed E-state index contributed by atoms with van der Waals surface area (Å²) in [6, 6.07) is 13.5. The minimum Gasteiger partial charge on any atom is -0.244 e. The van der Waals surface area contributed by atoms with Gasteiger partial charge in [0.05, 0.1) is 5.69 Å². The van der Waals surface area contributed by atoms with Crippen molar-refractivity contribution in [2.24, 2.45) is 0 Å². The van der Waals surface area contributed by atoms with Crippen LogP contribution in [-0.4, -0.2) is 25.2 Å². The number of hydrogen-bond donors (Lipinski definition) is 0. The topological polar surface area (TPSA) is 56.5 Å². The van der Waals surface area contributed by atoms with E-state index in [4.69, 9.17) is 11.6 Å². The Morgan fingerprint density at radius 3 is 2.70 bits per heavy atom. The second-order valence-electron chi connectivity index (χ2n) is 3.99. The van der Waals surface area contributed by atoms with Gasteiger partial charge >= 0.3 is 0 Å². The second-order valence-corrected chi connectivity index (χ2v) is 5.32. The van der Waals surface area contributed by atoms with Gasteiger partial charge in [0.25, 0.3) is 0 Å². The predicted molar refractivity (Wildman–Crippen MR) is 78.0 cm³/mol. The summed E-state index contributed by atoms with van der Waals surface area (Å²) in [5.74, 6) is 0.734. The van der Waals surface area contributed by atoms with Crippen molar-refractivity contribution in [1.82, 2.24) is 25.2 Å². The molecule has 2 aromatic heterocycles. The Bertz CT molecular complexity index is 683. The van der Waals surface area contributed by atoms with E-state index < -0.39 is 0 Å². The number of thioether (sulfide) groups is 1. The number of tetrazole rings is 1. The van der Waals surface area contributed by atoms with Crippen LogP contribution in [-0.2, 0) is 5.75 Å². The van der Waals surface area contributed by atoms with Gasteiger partial charge in [-0.25, -0.2) is 4.98 Å². The molecule has 2 heterocycles. The zero-order valence-electron chi connectivity index (χ0n) is 10.3. The number of benzene rings is 1. The van der Waals surface area contributed by atoms with Crippen molar-refractivity contribution < 1.29 is 0 Å². The summed E-state index contributed by atoms with van der Waals surface area (Å²) in [6.07, 6.45) is 1.76. The van der Waals surface area contributed by atoms with Crippen molar-refractivity contribution in [1.29, 1.82) is 0 Å². The molecular weight excluding hydrogens is 294 g/mol. The highest BCUT2D eigenvalue weighted by Crippen LogP contribution is 2.22. The molecule has 0 amide bonds. The highest BCUT2D eigenvalue weighted by Gasteiger charge is 2.08. The normalized spacial score (nSPS) is 10.7. The standard InChI is InChI=1S/C13H10ClN5S/c14-12-7-6-10(8-15-12)9-20-13-16-17-18-19(13)11-4-2-1-3-5-11/h1-8H,9H2. The number of halogens is 1. The van der Waals surface area contributed by atoms with E-state index in [1.54, 1.807) is 28.7 Å². The van der Waals surface area contributed by atoms with Gasteiger partial charge in [-0.2, -0.15) is 4.68 Å². The van der Waals surface area contributed by atoms with Gasteiger partial charge in [-0.15, -0.1) is 5.10 Å². The van der Waals surface area contributed by atoms with E-state index in [2.05, 4.69) is 20.5 Å². The molecule has 0 radical (unpaired) electrons. The Balaban J connectivity index is 1.76. The van der Waals surface area contributed by atoms with Crippen LogP contribution < -0.4 is 0 Å². The van der Waals surface area contributed by atoms with Crippen LogP contribution in [0.5, 0.6) is 0 Å². The van der Waals surface area contributed by atoms with Crippen LogP contribution in [0.15, 0.2) is 53.8 Å². The first-order valence-electron chi connectivity index (χ1n) is 5.90. The molecule has 20 heavy (non-hydrogen) atoms. The zero-order chi connectivity index (χ0) is 13.8. The smallest absolute Gasteiger partial charge is 0.214 e. The third-order valence-corrected chi connectivity index (χ3v) is 3.81. The molecule has 0 unspecified atom stereocenters. The Morgan fingerprint density at radius 2 is 1.95 bits per heavy atom. The van der Waals surface area contributed by atoms with Crippen LogP contribution >= 0.6 is 23.4 Å². The molecule has 0 fully saturated rings. The fraction of sp³-hybridized carbons (Fsp3) is 0.0769. The number of pyridine rings is 1. The quantitative estimate of drug-likeness (QED) is 0.548. The van der Waals surface area contributed by atoms with E-state index in [9.17, 15) is 0 Å². The number of para-hydroxylation sites is 1. The van der Waals surface area contributed by atoms with E-state index in [0.717, 1.165) is 22.2 Å². The molecule has 0 bridgehead atoms. The summed E-state index contributed by atoms with van der Waals surface area (Å²) >= 11 is 7.31. The van der Waals surface area contributed by atoms with Crippen molar-refractivity contribution in [3.05, 3.63) is 59.4 Å². The van der Waals surface area contributed by atoms with E-state index in [1.807, 2.05) is 36.4 Å². The Labute approximate surface area is 125 Å². The van der Waals surface area contributed by atoms with Gasteiger partial charge in [0.2, 0.25) is 5.16 Å². The molecule has 0 atom stereocenters. The molecule has 0 aliphatic heterocycles. The third kappa shape index (κ3) is 2.97. The Kier molecular flexibility index (Phi) is 3.94. The molecule has 5 nitrogen and oxygen atoms in total. The first kappa shape index (κ1) is 13.1. The molecule has 0 saturated heterocycles. The number of aromatic nitrogens is 5. The van der Waals surface area contributed by atoms with Crippen molar-refractivity contribution >= 4 is 23.4 Å². The lowest BCUT2D eigenvalue weighted by Crippen LogP contribution is -1.98. The van der Waals surface area contributed by atoms with E-state index >= 15 is 0 Å². The summed E-state index contributed by atoms with van der Waals surface area (Å²) in [6.45, 7) is 0. The fourth-order valence-corrected chi connectivity index (χ4v) is 2.58. The van der Waals surface area contributed by atoms with E-state index in [-0.39, 0.29) is 0 Å². The summed E-state index contributed by atoms with van der Waals surface area (Å²) in [5.41, 5.74) is 2.01. The van der Waals surface area contributed by atoms with Gasteiger partial charge in [0, 0.05) is 11.9 Å². The Hall–Kier alpha value is -1.92. The maximum atomic E-state index is 5.76. The third-order valence-electron chi connectivity index (χ3n) is 2.60. The Morgan fingerprint density at radius 1 is 1.10 bits per heavy atom. The number of nitrogens with zero attached hydrogens (tertiary/aromatic N) is 5. The highest BCUT2D eigenvalue weighted by molar-refractivity contribution is 7.98. The van der Waals surface area contributed by atoms with Gasteiger partial charge in [0.15, 0.2) is 0 Å². The van der Waals surface area contributed by atoms with Crippen LogP contribution in [0.2, 0.25) is 5.15 Å². The van der Waals surface area contributed by atoms with Crippen LogP contribution in [0.3, 0.4) is 0 Å². The summed E-state index contributed by atoms with van der Waals surface area (Å²) in [7, 11) is 0. The van der Waals surface area contributed by atoms with Crippen molar-refractivity contribution in [3.63, 3.8) is 0 Å². The van der Waals surface area contributed by atoms with Gasteiger partial charge in [-0.1, -0.05) is 47.6 Å². The van der Waals surface area contributed by atoms with Crippen molar-refractivity contribution in [2.75, 3.05) is 0 Å². The molecule has 100 valence electrons. The van der Waals surface area contributed by atoms with Gasteiger partial charge < -0.3 is 0 Å². The maximum absolute atomic E-state index is 5.76. The molecule has 7 heteroatoms. The molecule has 3 rings (SSSR count). The average molecular weight is 304 g/mol. The largest absolute Gasteiger partial charge is 0.244 e. The van der Waals surface area contributed by atoms with Crippen molar-refractivity contribution in [3.8, 4) is 5.69 Å². The monoisotopic (exact) mass is 303 g/mol. The summed E-state index contributed by atoms with van der Waals surface area (Å²) < 4.78 is 1.72. The lowest BCUT2D eigenvalue weighted by Gasteiger charge is -2.03. The van der Waals surface area contributed by atoms with Crippen LogP contribution in [0.1, 0.15) is 5.56 Å². The molecule has 0 aliphatic carbocycles. The van der Waals surface area contributed by atoms with Gasteiger partial charge in [-0.3, -0.25) is 0 Å². The van der Waals surface area contributed by atoms with Crippen LogP contribution in [0.4, 0.5) is 0 Å². The first-order chi connectivity index (χ1) is 9.83. The zero-order valence-corrected chi connectivity index (χ0v) is 11.9. The predicted octanol–water partition coefficient (Wildman–Crippen LogP) is 3.00.